The Morgan fingerprint density at radius 2 is 1.35 bits per heavy atom. The molecule has 0 radical (unpaired) electrons. The number of carbonyl (C=O) groups excluding carboxylic acids is 3. The number of hydrogen-bond acceptors (Lipinski definition) is 5. The number of nitrogens with two attached hydrogens (primary N) is 2. The molecule has 0 aliphatic carbocycles. The highest BCUT2D eigenvalue weighted by Gasteiger charge is 2.24. The Morgan fingerprint density at radius 3 is 1.87 bits per heavy atom. The highest BCUT2D eigenvalue weighted by atomic mass is 16.3. The summed E-state index contributed by atoms with van der Waals surface area (Å²) in [5.74, 6) is -1.05. The second-order valence-corrected chi connectivity index (χ2v) is 8.31. The van der Waals surface area contributed by atoms with Crippen molar-refractivity contribution >= 4 is 17.7 Å². The van der Waals surface area contributed by atoms with Crippen molar-refractivity contribution in [2.24, 2.45) is 11.5 Å². The van der Waals surface area contributed by atoms with Crippen molar-refractivity contribution < 1.29 is 19.5 Å². The van der Waals surface area contributed by atoms with Crippen molar-refractivity contribution in [3.63, 3.8) is 0 Å². The van der Waals surface area contributed by atoms with Gasteiger partial charge in [0.05, 0.1) is 0 Å². The van der Waals surface area contributed by atoms with Crippen LogP contribution in [0.2, 0.25) is 0 Å². The van der Waals surface area contributed by atoms with Crippen LogP contribution in [0.4, 0.5) is 0 Å². The van der Waals surface area contributed by atoms with Gasteiger partial charge in [0, 0.05) is 13.0 Å². The molecule has 0 saturated carbocycles. The topological polar surface area (TPSA) is 148 Å². The average molecular weight is 443 g/mol. The van der Waals surface area contributed by atoms with Crippen LogP contribution in [0.1, 0.15) is 103 Å². The first kappa shape index (κ1) is 29.3. The van der Waals surface area contributed by atoms with Crippen molar-refractivity contribution in [2.45, 2.75) is 115 Å². The van der Waals surface area contributed by atoms with E-state index in [9.17, 15) is 14.4 Å². The lowest BCUT2D eigenvalue weighted by Gasteiger charge is -2.21. The first-order chi connectivity index (χ1) is 15.0. The van der Waals surface area contributed by atoms with Gasteiger partial charge in [-0.3, -0.25) is 14.4 Å². The lowest BCUT2D eigenvalue weighted by atomic mass is 10.1. The number of aliphatic hydroxyl groups excluding tert-OH is 1. The Kier molecular flexibility index (Phi) is 19.2. The van der Waals surface area contributed by atoms with E-state index >= 15 is 0 Å². The van der Waals surface area contributed by atoms with E-state index in [-0.39, 0.29) is 18.4 Å². The second-order valence-electron chi connectivity index (χ2n) is 8.31. The molecule has 0 aliphatic heterocycles. The van der Waals surface area contributed by atoms with Gasteiger partial charge in [0.2, 0.25) is 17.7 Å². The molecule has 2 unspecified atom stereocenters. The number of amides is 3. The van der Waals surface area contributed by atoms with Crippen molar-refractivity contribution in [1.82, 2.24) is 10.6 Å². The van der Waals surface area contributed by atoms with Gasteiger partial charge in [-0.25, -0.2) is 0 Å². The number of hydrogen-bond donors (Lipinski definition) is 5. The fourth-order valence-electron chi connectivity index (χ4n) is 3.51. The monoisotopic (exact) mass is 442 g/mol. The van der Waals surface area contributed by atoms with Crippen molar-refractivity contribution in [1.29, 1.82) is 0 Å². The van der Waals surface area contributed by atoms with E-state index in [2.05, 4.69) is 10.6 Å². The normalized spacial score (nSPS) is 12.9. The highest BCUT2D eigenvalue weighted by Crippen LogP contribution is 2.11. The van der Waals surface area contributed by atoms with E-state index in [1.165, 1.54) is 25.7 Å². The Labute approximate surface area is 188 Å². The second kappa shape index (κ2) is 20.2. The van der Waals surface area contributed by atoms with E-state index in [0.29, 0.717) is 32.2 Å². The fourth-order valence-corrected chi connectivity index (χ4v) is 3.51. The zero-order chi connectivity index (χ0) is 23.3. The molecule has 7 N–H and O–H groups in total. The molecule has 3 amide bonds. The van der Waals surface area contributed by atoms with Gasteiger partial charge in [-0.2, -0.15) is 0 Å². The predicted molar refractivity (Wildman–Crippen MR) is 124 cm³/mol. The highest BCUT2D eigenvalue weighted by molar-refractivity contribution is 5.91. The molecule has 0 aromatic rings. The molecule has 0 saturated heterocycles. The fraction of sp³-hybridized carbons (Fsp3) is 0.870. The van der Waals surface area contributed by atoms with Crippen LogP contribution in [-0.2, 0) is 14.4 Å². The Morgan fingerprint density at radius 1 is 0.774 bits per heavy atom. The van der Waals surface area contributed by atoms with E-state index in [1.54, 1.807) is 0 Å². The molecule has 0 fully saturated rings. The number of aliphatic hydroxyl groups is 1. The summed E-state index contributed by atoms with van der Waals surface area (Å²) >= 11 is 0. The molecular formula is C23H46N4O4. The summed E-state index contributed by atoms with van der Waals surface area (Å²) in [5, 5.41) is 14.3. The Bertz CT molecular complexity index is 488. The molecule has 0 rings (SSSR count). The maximum absolute atomic E-state index is 12.6. The largest absolute Gasteiger partial charge is 0.396 e. The molecule has 8 nitrogen and oxygen atoms in total. The maximum atomic E-state index is 12.6. The Hall–Kier alpha value is -1.67. The summed E-state index contributed by atoms with van der Waals surface area (Å²) in [7, 11) is 0. The van der Waals surface area contributed by atoms with Crippen molar-refractivity contribution in [3.05, 3.63) is 0 Å². The zero-order valence-electron chi connectivity index (χ0n) is 19.5. The summed E-state index contributed by atoms with van der Waals surface area (Å²) in [6.45, 7) is 2.75. The van der Waals surface area contributed by atoms with Gasteiger partial charge in [0.15, 0.2) is 0 Å². The predicted octanol–water partition coefficient (Wildman–Crippen LogP) is 2.26. The lowest BCUT2D eigenvalue weighted by Crippen LogP contribution is -2.52. The van der Waals surface area contributed by atoms with Gasteiger partial charge < -0.3 is 27.2 Å². The van der Waals surface area contributed by atoms with Crippen LogP contribution in [0, 0.1) is 0 Å². The smallest absolute Gasteiger partial charge is 0.243 e. The van der Waals surface area contributed by atoms with Crippen LogP contribution in [0.25, 0.3) is 0 Å². The number of rotatable bonds is 21. The van der Waals surface area contributed by atoms with E-state index in [4.69, 9.17) is 16.6 Å². The third kappa shape index (κ3) is 16.7. The molecule has 0 spiro atoms. The number of unbranched alkanes of at least 4 members (excludes halogenated alkanes) is 9. The summed E-state index contributed by atoms with van der Waals surface area (Å²) in [4.78, 5) is 36.5. The van der Waals surface area contributed by atoms with Crippen LogP contribution < -0.4 is 22.1 Å². The van der Waals surface area contributed by atoms with Crippen molar-refractivity contribution in [3.8, 4) is 0 Å². The number of primary amides is 1. The minimum absolute atomic E-state index is 0.128. The third-order valence-corrected chi connectivity index (χ3v) is 5.40. The first-order valence-corrected chi connectivity index (χ1v) is 12.2. The number of carbonyl (C=O) groups is 3. The molecule has 182 valence electrons. The third-order valence-electron chi connectivity index (χ3n) is 5.40. The van der Waals surface area contributed by atoms with Crippen LogP contribution >= 0.6 is 0 Å². The van der Waals surface area contributed by atoms with Crippen LogP contribution in [-0.4, -0.2) is 48.1 Å². The lowest BCUT2D eigenvalue weighted by molar-refractivity contribution is -0.131. The van der Waals surface area contributed by atoms with E-state index in [0.717, 1.165) is 44.9 Å². The van der Waals surface area contributed by atoms with Gasteiger partial charge in [-0.1, -0.05) is 58.3 Å². The van der Waals surface area contributed by atoms with E-state index in [1.807, 2.05) is 6.92 Å². The van der Waals surface area contributed by atoms with Crippen LogP contribution in [0.3, 0.4) is 0 Å². The van der Waals surface area contributed by atoms with Gasteiger partial charge in [0.25, 0.3) is 0 Å². The molecule has 2 atom stereocenters. The summed E-state index contributed by atoms with van der Waals surface area (Å²) < 4.78 is 0. The zero-order valence-corrected chi connectivity index (χ0v) is 19.5. The summed E-state index contributed by atoms with van der Waals surface area (Å²) in [6.07, 6.45) is 13.2. The Balaban J connectivity index is 4.18. The molecule has 8 heteroatoms. The summed E-state index contributed by atoms with van der Waals surface area (Å²) in [6, 6.07) is -1.38. The molecule has 0 aliphatic rings. The molecule has 0 heterocycles. The van der Waals surface area contributed by atoms with Crippen LogP contribution in [0.15, 0.2) is 0 Å². The molecule has 31 heavy (non-hydrogen) atoms. The van der Waals surface area contributed by atoms with Crippen molar-refractivity contribution in [2.75, 3.05) is 13.2 Å². The SMILES string of the molecule is CCCC(NC(=O)CCCCCCCCCCCO)C(=O)NC(CCCCN)C(N)=O. The molecule has 0 aromatic carbocycles. The molecule has 0 bridgehead atoms. The van der Waals surface area contributed by atoms with Crippen LogP contribution in [0.5, 0.6) is 0 Å². The summed E-state index contributed by atoms with van der Waals surface area (Å²) in [5.41, 5.74) is 10.9. The molecular weight excluding hydrogens is 396 g/mol. The quantitative estimate of drug-likeness (QED) is 0.173. The van der Waals surface area contributed by atoms with Gasteiger partial charge in [-0.05, 0) is 45.1 Å². The molecule has 0 aromatic heterocycles. The minimum atomic E-state index is -0.737. The number of nitrogens with one attached hydrogen (secondary N) is 2. The first-order valence-electron chi connectivity index (χ1n) is 12.2. The minimum Gasteiger partial charge on any atom is -0.396 e. The van der Waals surface area contributed by atoms with Gasteiger partial charge in [0.1, 0.15) is 12.1 Å². The standard InChI is InChI=1S/C23H46N4O4/c1-2-14-20(23(31)27-19(22(25)30)15-11-12-17-24)26-21(29)16-10-8-6-4-3-5-7-9-13-18-28/h19-20,28H,2-18,24H2,1H3,(H2,25,30)(H,26,29)(H,27,31). The van der Waals surface area contributed by atoms with Gasteiger partial charge in [-0.15, -0.1) is 0 Å². The van der Waals surface area contributed by atoms with Gasteiger partial charge >= 0.3 is 0 Å². The average Bonchev–Trinajstić information content (AvgIpc) is 2.74. The maximum Gasteiger partial charge on any atom is 0.243 e. The van der Waals surface area contributed by atoms with E-state index < -0.39 is 18.0 Å².